The van der Waals surface area contributed by atoms with E-state index in [0.717, 1.165) is 0 Å². The molecule has 0 bridgehead atoms. The van der Waals surface area contributed by atoms with E-state index in [1.54, 1.807) is 6.92 Å². The third-order valence-corrected chi connectivity index (χ3v) is 3.25. The van der Waals surface area contributed by atoms with Crippen molar-refractivity contribution < 1.29 is 17.6 Å². The summed E-state index contributed by atoms with van der Waals surface area (Å²) in [6.45, 7) is 2.22. The molecule has 0 atom stereocenters. The molecule has 0 saturated heterocycles. The van der Waals surface area contributed by atoms with Crippen LogP contribution >= 0.6 is 0 Å². The van der Waals surface area contributed by atoms with E-state index < -0.39 is 10.0 Å². The highest BCUT2D eigenvalue weighted by atomic mass is 32.2. The molecule has 0 aliphatic carbocycles. The monoisotopic (exact) mass is 287 g/mol. The predicted octanol–water partition coefficient (Wildman–Crippen LogP) is -0.465. The Morgan fingerprint density at radius 1 is 1.47 bits per heavy atom. The van der Waals surface area contributed by atoms with E-state index in [2.05, 4.69) is 15.2 Å². The van der Waals surface area contributed by atoms with Crippen molar-refractivity contribution in [2.75, 3.05) is 13.7 Å². The Labute approximate surface area is 109 Å². The molecule has 19 heavy (non-hydrogen) atoms. The molecule has 9 nitrogen and oxygen atoms in total. The minimum Gasteiger partial charge on any atom is -0.440 e. The fraction of sp³-hybridized carbons (Fsp3) is 0.444. The van der Waals surface area contributed by atoms with Gasteiger partial charge in [-0.2, -0.15) is 0 Å². The Bertz CT molecular complexity index is 675. The van der Waals surface area contributed by atoms with Gasteiger partial charge in [-0.25, -0.2) is 18.5 Å². The lowest BCUT2D eigenvalue weighted by Crippen LogP contribution is -2.20. The first-order chi connectivity index (χ1) is 8.95. The van der Waals surface area contributed by atoms with Crippen molar-refractivity contribution >= 4 is 10.0 Å². The molecule has 0 fully saturated rings. The van der Waals surface area contributed by atoms with Crippen LogP contribution in [0.5, 0.6) is 0 Å². The summed E-state index contributed by atoms with van der Waals surface area (Å²) in [7, 11) is -2.47. The fourth-order valence-electron chi connectivity index (χ4n) is 1.57. The van der Waals surface area contributed by atoms with Gasteiger partial charge < -0.3 is 9.15 Å². The molecular formula is C9H13N5O4S. The lowest BCUT2D eigenvalue weighted by Gasteiger charge is -2.07. The quantitative estimate of drug-likeness (QED) is 0.788. The molecule has 0 aromatic carbocycles. The molecular weight excluding hydrogens is 274 g/mol. The number of hydrogen-bond donors (Lipinski definition) is 1. The van der Waals surface area contributed by atoms with Crippen LogP contribution in [0.25, 0.3) is 11.6 Å². The summed E-state index contributed by atoms with van der Waals surface area (Å²) in [5.41, 5.74) is 0.576. The molecule has 104 valence electrons. The Hall–Kier alpha value is -1.78. The summed E-state index contributed by atoms with van der Waals surface area (Å²) in [6.07, 6.45) is 1.25. The van der Waals surface area contributed by atoms with Gasteiger partial charge in [-0.05, 0) is 6.92 Å². The Morgan fingerprint density at radius 3 is 2.74 bits per heavy atom. The van der Waals surface area contributed by atoms with Gasteiger partial charge in [-0.15, -0.1) is 10.2 Å². The summed E-state index contributed by atoms with van der Waals surface area (Å²) in [5, 5.41) is 12.2. The SMILES string of the molecule is COCCn1c(-c2ocnc2C)nnc1S(N)(=O)=O. The van der Waals surface area contributed by atoms with Crippen LogP contribution in [0, 0.1) is 6.92 Å². The van der Waals surface area contributed by atoms with Crippen LogP contribution in [-0.2, 0) is 21.3 Å². The van der Waals surface area contributed by atoms with E-state index in [9.17, 15) is 8.42 Å². The fourth-order valence-corrected chi connectivity index (χ4v) is 2.21. The minimum absolute atomic E-state index is 0.227. The number of oxazole rings is 1. The second-order valence-corrected chi connectivity index (χ2v) is 5.22. The topological polar surface area (TPSA) is 126 Å². The highest BCUT2D eigenvalue weighted by Crippen LogP contribution is 2.22. The Morgan fingerprint density at radius 2 is 2.21 bits per heavy atom. The van der Waals surface area contributed by atoms with Crippen molar-refractivity contribution in [2.45, 2.75) is 18.6 Å². The maximum absolute atomic E-state index is 11.5. The van der Waals surface area contributed by atoms with Crippen molar-refractivity contribution in [3.05, 3.63) is 12.1 Å². The molecule has 0 unspecified atom stereocenters. The van der Waals surface area contributed by atoms with E-state index >= 15 is 0 Å². The lowest BCUT2D eigenvalue weighted by atomic mass is 10.3. The molecule has 2 aromatic heterocycles. The highest BCUT2D eigenvalue weighted by Gasteiger charge is 2.24. The number of aromatic nitrogens is 4. The summed E-state index contributed by atoms with van der Waals surface area (Å²) in [5.74, 6) is 0.592. The zero-order chi connectivity index (χ0) is 14.0. The Balaban J connectivity index is 2.56. The van der Waals surface area contributed by atoms with Gasteiger partial charge >= 0.3 is 0 Å². The third-order valence-electron chi connectivity index (χ3n) is 2.44. The van der Waals surface area contributed by atoms with Gasteiger partial charge in [0.1, 0.15) is 0 Å². The third kappa shape index (κ3) is 2.64. The predicted molar refractivity (Wildman–Crippen MR) is 63.5 cm³/mol. The van der Waals surface area contributed by atoms with E-state index in [0.29, 0.717) is 11.5 Å². The van der Waals surface area contributed by atoms with Gasteiger partial charge in [0.25, 0.3) is 15.2 Å². The van der Waals surface area contributed by atoms with Gasteiger partial charge in [-0.3, -0.25) is 4.57 Å². The van der Waals surface area contributed by atoms with Crippen molar-refractivity contribution in [2.24, 2.45) is 5.14 Å². The largest absolute Gasteiger partial charge is 0.440 e. The number of primary sulfonamides is 1. The molecule has 0 amide bonds. The molecule has 0 aliphatic heterocycles. The first-order valence-electron chi connectivity index (χ1n) is 5.30. The molecule has 0 radical (unpaired) electrons. The molecule has 2 heterocycles. The van der Waals surface area contributed by atoms with Crippen molar-refractivity contribution in [3.63, 3.8) is 0 Å². The van der Waals surface area contributed by atoms with Crippen LogP contribution in [0.15, 0.2) is 16.0 Å². The lowest BCUT2D eigenvalue weighted by molar-refractivity contribution is 0.185. The van der Waals surface area contributed by atoms with Crippen LogP contribution in [0.4, 0.5) is 0 Å². The first kappa shape index (κ1) is 13.6. The molecule has 2 rings (SSSR count). The Kier molecular flexibility index (Phi) is 3.64. The number of hydrogen-bond acceptors (Lipinski definition) is 7. The van der Waals surface area contributed by atoms with Crippen LogP contribution in [0.2, 0.25) is 0 Å². The normalized spacial score (nSPS) is 11.9. The standard InChI is InChI=1S/C9H13N5O4S/c1-6-7(18-5-11-6)8-12-13-9(19(10,15)16)14(8)3-4-17-2/h5H,3-4H2,1-2H3,(H2,10,15,16). The van der Waals surface area contributed by atoms with Crippen LogP contribution in [0.3, 0.4) is 0 Å². The number of aryl methyl sites for hydroxylation is 1. The minimum atomic E-state index is -3.98. The molecule has 2 N–H and O–H groups in total. The van der Waals surface area contributed by atoms with E-state index in [-0.39, 0.29) is 24.1 Å². The number of sulfonamides is 1. The van der Waals surface area contributed by atoms with Gasteiger partial charge in [0.05, 0.1) is 18.8 Å². The van der Waals surface area contributed by atoms with E-state index in [1.165, 1.54) is 18.1 Å². The molecule has 2 aromatic rings. The molecule has 0 saturated carbocycles. The number of nitrogens with zero attached hydrogens (tertiary/aromatic N) is 4. The number of nitrogens with two attached hydrogens (primary N) is 1. The van der Waals surface area contributed by atoms with Gasteiger partial charge in [0.15, 0.2) is 12.2 Å². The maximum atomic E-state index is 11.5. The summed E-state index contributed by atoms with van der Waals surface area (Å²) < 4.78 is 34.3. The molecule has 0 aliphatic rings. The van der Waals surface area contributed by atoms with Crippen molar-refractivity contribution in [1.29, 1.82) is 0 Å². The maximum Gasteiger partial charge on any atom is 0.273 e. The summed E-state index contributed by atoms with van der Waals surface area (Å²) in [6, 6.07) is 0. The highest BCUT2D eigenvalue weighted by molar-refractivity contribution is 7.89. The van der Waals surface area contributed by atoms with Crippen LogP contribution in [0.1, 0.15) is 5.69 Å². The second-order valence-electron chi connectivity index (χ2n) is 3.76. The second kappa shape index (κ2) is 5.07. The summed E-state index contributed by atoms with van der Waals surface area (Å²) >= 11 is 0. The van der Waals surface area contributed by atoms with Crippen LogP contribution in [-0.4, -0.2) is 41.9 Å². The number of methoxy groups -OCH3 is 1. The van der Waals surface area contributed by atoms with Crippen LogP contribution < -0.4 is 5.14 Å². The smallest absolute Gasteiger partial charge is 0.273 e. The number of rotatable bonds is 5. The van der Waals surface area contributed by atoms with Crippen molar-refractivity contribution in [3.8, 4) is 11.6 Å². The first-order valence-corrected chi connectivity index (χ1v) is 6.85. The van der Waals surface area contributed by atoms with Crippen molar-refractivity contribution in [1.82, 2.24) is 19.7 Å². The zero-order valence-corrected chi connectivity index (χ0v) is 11.2. The van der Waals surface area contributed by atoms with E-state index in [4.69, 9.17) is 14.3 Å². The zero-order valence-electron chi connectivity index (χ0n) is 10.4. The van der Waals surface area contributed by atoms with E-state index in [1.807, 2.05) is 0 Å². The summed E-state index contributed by atoms with van der Waals surface area (Å²) in [4.78, 5) is 3.93. The molecule has 0 spiro atoms. The number of ether oxygens (including phenoxy) is 1. The van der Waals surface area contributed by atoms with Gasteiger partial charge in [0, 0.05) is 7.11 Å². The molecule has 10 heteroatoms. The van der Waals surface area contributed by atoms with Gasteiger partial charge in [-0.1, -0.05) is 0 Å². The average Bonchev–Trinajstić information content (AvgIpc) is 2.90. The average molecular weight is 287 g/mol. The van der Waals surface area contributed by atoms with Gasteiger partial charge in [0.2, 0.25) is 5.82 Å².